The molecule has 0 aliphatic carbocycles. The van der Waals surface area contributed by atoms with Gasteiger partial charge in [-0.3, -0.25) is 4.98 Å². The van der Waals surface area contributed by atoms with Crippen LogP contribution in [0.5, 0.6) is 0 Å². The summed E-state index contributed by atoms with van der Waals surface area (Å²) in [5.41, 5.74) is 9.67. The van der Waals surface area contributed by atoms with Gasteiger partial charge in [0.15, 0.2) is 0 Å². The molecule has 0 atom stereocenters. The molecule has 0 saturated carbocycles. The summed E-state index contributed by atoms with van der Waals surface area (Å²) in [6.07, 6.45) is 1.56. The van der Waals surface area contributed by atoms with E-state index in [-0.39, 0.29) is 0 Å². The Hall–Kier alpha value is -2.06. The smallest absolute Gasteiger partial charge is 0.0702 e. The van der Waals surface area contributed by atoms with Gasteiger partial charge in [0, 0.05) is 16.5 Å². The Morgan fingerprint density at radius 2 is 2.15 bits per heavy atom. The van der Waals surface area contributed by atoms with Gasteiger partial charge in [-0.15, -0.1) is 0 Å². The number of nitrogens with zero attached hydrogens (tertiary/aromatic N) is 4. The third-order valence-electron chi connectivity index (χ3n) is 1.74. The van der Waals surface area contributed by atoms with E-state index in [4.69, 9.17) is 5.53 Å². The van der Waals surface area contributed by atoms with Gasteiger partial charge in [-0.1, -0.05) is 23.3 Å². The second kappa shape index (κ2) is 3.13. The van der Waals surface area contributed by atoms with Crippen molar-refractivity contribution >= 4 is 16.6 Å². The standard InChI is InChI=1S/C9H6N4/c10-13-12-8-5-7-3-1-2-4-9(7)11-6-8/h1-6H. The van der Waals surface area contributed by atoms with Gasteiger partial charge in [0.2, 0.25) is 0 Å². The minimum absolute atomic E-state index is 0.543. The van der Waals surface area contributed by atoms with Crippen LogP contribution in [0.25, 0.3) is 21.3 Å². The van der Waals surface area contributed by atoms with E-state index in [1.807, 2.05) is 30.3 Å². The van der Waals surface area contributed by atoms with Gasteiger partial charge < -0.3 is 0 Å². The Labute approximate surface area is 74.5 Å². The fourth-order valence-corrected chi connectivity index (χ4v) is 1.17. The Balaban J connectivity index is 2.68. The van der Waals surface area contributed by atoms with Crippen molar-refractivity contribution in [2.45, 2.75) is 0 Å². The molecular formula is C9H6N4. The van der Waals surface area contributed by atoms with Gasteiger partial charge in [-0.25, -0.2) is 0 Å². The molecule has 0 bridgehead atoms. The lowest BCUT2D eigenvalue weighted by atomic mass is 10.2. The van der Waals surface area contributed by atoms with E-state index in [9.17, 15) is 0 Å². The maximum Gasteiger partial charge on any atom is 0.0702 e. The van der Waals surface area contributed by atoms with E-state index in [2.05, 4.69) is 15.0 Å². The molecule has 4 heteroatoms. The molecular weight excluding hydrogens is 164 g/mol. The van der Waals surface area contributed by atoms with Crippen molar-refractivity contribution in [2.24, 2.45) is 5.11 Å². The average molecular weight is 170 g/mol. The van der Waals surface area contributed by atoms with E-state index in [0.717, 1.165) is 10.9 Å². The number of hydrogen-bond donors (Lipinski definition) is 0. The number of para-hydroxylation sites is 1. The van der Waals surface area contributed by atoms with E-state index < -0.39 is 0 Å². The highest BCUT2D eigenvalue weighted by atomic mass is 15.1. The van der Waals surface area contributed by atoms with Crippen LogP contribution in [-0.2, 0) is 0 Å². The zero-order valence-electron chi connectivity index (χ0n) is 6.75. The van der Waals surface area contributed by atoms with Crippen molar-refractivity contribution in [3.8, 4) is 0 Å². The Morgan fingerprint density at radius 1 is 1.31 bits per heavy atom. The van der Waals surface area contributed by atoms with Crippen molar-refractivity contribution in [1.29, 1.82) is 0 Å². The Morgan fingerprint density at radius 3 is 3.00 bits per heavy atom. The molecule has 62 valence electrons. The number of azide groups is 1. The van der Waals surface area contributed by atoms with Crippen LogP contribution in [0.1, 0.15) is 0 Å². The summed E-state index contributed by atoms with van der Waals surface area (Å²) in [6, 6.07) is 9.49. The lowest BCUT2D eigenvalue weighted by Crippen LogP contribution is -1.75. The number of rotatable bonds is 1. The molecule has 0 aliphatic heterocycles. The third-order valence-corrected chi connectivity index (χ3v) is 1.74. The fraction of sp³-hybridized carbons (Fsp3) is 0. The first kappa shape index (κ1) is 7.58. The summed E-state index contributed by atoms with van der Waals surface area (Å²) in [7, 11) is 0. The largest absolute Gasteiger partial charge is 0.256 e. The number of hydrogen-bond acceptors (Lipinski definition) is 2. The SMILES string of the molecule is [N-]=[N+]=Nc1cnc2ccccc2c1. The van der Waals surface area contributed by atoms with Crippen molar-refractivity contribution in [1.82, 2.24) is 4.98 Å². The zero-order valence-corrected chi connectivity index (χ0v) is 6.75. The first-order valence-corrected chi connectivity index (χ1v) is 3.80. The van der Waals surface area contributed by atoms with Gasteiger partial charge in [-0.05, 0) is 17.7 Å². The average Bonchev–Trinajstić information content (AvgIpc) is 2.18. The lowest BCUT2D eigenvalue weighted by molar-refractivity contribution is 1.36. The van der Waals surface area contributed by atoms with Crippen LogP contribution in [-0.4, -0.2) is 4.98 Å². The number of aromatic nitrogens is 1. The summed E-state index contributed by atoms with van der Waals surface area (Å²) in [5.74, 6) is 0. The molecule has 4 nitrogen and oxygen atoms in total. The van der Waals surface area contributed by atoms with Gasteiger partial charge in [-0.2, -0.15) is 0 Å². The van der Waals surface area contributed by atoms with Crippen molar-refractivity contribution < 1.29 is 0 Å². The van der Waals surface area contributed by atoms with Crippen LogP contribution in [0.15, 0.2) is 41.6 Å². The summed E-state index contributed by atoms with van der Waals surface area (Å²) in [6.45, 7) is 0. The quantitative estimate of drug-likeness (QED) is 0.368. The number of fused-ring (bicyclic) bond motifs is 1. The molecule has 0 N–H and O–H groups in total. The van der Waals surface area contributed by atoms with Crippen LogP contribution in [0.2, 0.25) is 0 Å². The molecule has 2 aromatic rings. The third kappa shape index (κ3) is 1.43. The molecule has 0 aliphatic rings. The molecule has 0 saturated heterocycles. The summed E-state index contributed by atoms with van der Waals surface area (Å²) in [4.78, 5) is 6.83. The maximum atomic E-state index is 8.22. The van der Waals surface area contributed by atoms with Crippen LogP contribution in [0.4, 0.5) is 5.69 Å². The minimum atomic E-state index is 0.543. The van der Waals surface area contributed by atoms with Gasteiger partial charge in [0.25, 0.3) is 0 Å². The summed E-state index contributed by atoms with van der Waals surface area (Å²) >= 11 is 0. The van der Waals surface area contributed by atoms with E-state index in [1.165, 1.54) is 0 Å². The number of benzene rings is 1. The topological polar surface area (TPSA) is 61.7 Å². The Kier molecular flexibility index (Phi) is 1.82. The van der Waals surface area contributed by atoms with E-state index >= 15 is 0 Å². The van der Waals surface area contributed by atoms with Crippen molar-refractivity contribution in [3.05, 3.63) is 47.0 Å². The van der Waals surface area contributed by atoms with Crippen molar-refractivity contribution in [3.63, 3.8) is 0 Å². The molecule has 0 unspecified atom stereocenters. The molecule has 1 aromatic carbocycles. The monoisotopic (exact) mass is 170 g/mol. The first-order valence-electron chi connectivity index (χ1n) is 3.80. The van der Waals surface area contributed by atoms with Crippen LogP contribution >= 0.6 is 0 Å². The van der Waals surface area contributed by atoms with E-state index in [0.29, 0.717) is 5.69 Å². The highest BCUT2D eigenvalue weighted by Gasteiger charge is 1.93. The molecule has 2 rings (SSSR count). The highest BCUT2D eigenvalue weighted by molar-refractivity contribution is 5.80. The zero-order chi connectivity index (χ0) is 9.10. The molecule has 0 spiro atoms. The first-order chi connectivity index (χ1) is 6.40. The second-order valence-corrected chi connectivity index (χ2v) is 2.58. The molecule has 13 heavy (non-hydrogen) atoms. The molecule has 0 amide bonds. The van der Waals surface area contributed by atoms with Gasteiger partial charge in [0.05, 0.1) is 11.2 Å². The minimum Gasteiger partial charge on any atom is -0.256 e. The second-order valence-electron chi connectivity index (χ2n) is 2.58. The van der Waals surface area contributed by atoms with Gasteiger partial charge >= 0.3 is 0 Å². The fourth-order valence-electron chi connectivity index (χ4n) is 1.17. The molecule has 1 aromatic heterocycles. The molecule has 0 radical (unpaired) electrons. The number of pyridine rings is 1. The molecule has 0 fully saturated rings. The van der Waals surface area contributed by atoms with Crippen LogP contribution in [0.3, 0.4) is 0 Å². The summed E-state index contributed by atoms with van der Waals surface area (Å²) < 4.78 is 0. The van der Waals surface area contributed by atoms with Gasteiger partial charge in [0.1, 0.15) is 0 Å². The normalized spacial score (nSPS) is 9.54. The van der Waals surface area contributed by atoms with Crippen molar-refractivity contribution in [2.75, 3.05) is 0 Å². The highest BCUT2D eigenvalue weighted by Crippen LogP contribution is 2.17. The maximum absolute atomic E-state index is 8.22. The molecule has 1 heterocycles. The Bertz CT molecular complexity index is 486. The van der Waals surface area contributed by atoms with Crippen LogP contribution < -0.4 is 0 Å². The lowest BCUT2D eigenvalue weighted by Gasteiger charge is -1.95. The van der Waals surface area contributed by atoms with Crippen LogP contribution in [0, 0.1) is 0 Å². The van der Waals surface area contributed by atoms with E-state index in [1.54, 1.807) is 6.20 Å². The summed E-state index contributed by atoms with van der Waals surface area (Å²) in [5, 5.41) is 4.45. The predicted molar refractivity (Wildman–Crippen MR) is 50.5 cm³/mol. The predicted octanol–water partition coefficient (Wildman–Crippen LogP) is 3.18.